The number of hydrogen-bond acceptors (Lipinski definition) is 3. The third-order valence-electron chi connectivity index (χ3n) is 2.74. The molecule has 0 radical (unpaired) electrons. The average Bonchev–Trinajstić information content (AvgIpc) is 2.80. The largest absolute Gasteiger partial charge is 0.480 e. The van der Waals surface area contributed by atoms with Crippen molar-refractivity contribution >= 4 is 12.0 Å². The standard InChI is InChI=1S/C11H18N4O3/c1-4-9(10(16)17)15(3)11(18)14(2)7-8-5-12-13-6-8/h5-6,9H,4,7H2,1-3H3,(H,12,13)(H,16,17). The van der Waals surface area contributed by atoms with Crippen molar-refractivity contribution in [3.8, 4) is 0 Å². The number of rotatable bonds is 5. The van der Waals surface area contributed by atoms with Crippen molar-refractivity contribution in [3.05, 3.63) is 18.0 Å². The molecule has 0 aliphatic carbocycles. The van der Waals surface area contributed by atoms with Crippen molar-refractivity contribution in [1.82, 2.24) is 20.0 Å². The first-order chi connectivity index (χ1) is 8.47. The van der Waals surface area contributed by atoms with Gasteiger partial charge in [-0.3, -0.25) is 5.10 Å². The van der Waals surface area contributed by atoms with Gasteiger partial charge in [-0.05, 0) is 6.42 Å². The molecular formula is C11H18N4O3. The van der Waals surface area contributed by atoms with Crippen molar-refractivity contribution < 1.29 is 14.7 Å². The zero-order valence-corrected chi connectivity index (χ0v) is 10.8. The Bertz CT molecular complexity index is 404. The van der Waals surface area contributed by atoms with E-state index >= 15 is 0 Å². The van der Waals surface area contributed by atoms with Gasteiger partial charge in [-0.25, -0.2) is 9.59 Å². The average molecular weight is 254 g/mol. The number of carboxylic acids is 1. The van der Waals surface area contributed by atoms with Gasteiger partial charge in [-0.2, -0.15) is 5.10 Å². The van der Waals surface area contributed by atoms with Crippen LogP contribution in [0.4, 0.5) is 4.79 Å². The maximum Gasteiger partial charge on any atom is 0.326 e. The van der Waals surface area contributed by atoms with Gasteiger partial charge in [0.15, 0.2) is 0 Å². The Morgan fingerprint density at radius 2 is 2.17 bits per heavy atom. The number of nitrogens with one attached hydrogen (secondary N) is 1. The van der Waals surface area contributed by atoms with E-state index < -0.39 is 12.0 Å². The van der Waals surface area contributed by atoms with E-state index in [0.717, 1.165) is 5.56 Å². The summed E-state index contributed by atoms with van der Waals surface area (Å²) in [5, 5.41) is 15.5. The number of carbonyl (C=O) groups is 2. The van der Waals surface area contributed by atoms with E-state index in [9.17, 15) is 9.59 Å². The highest BCUT2D eigenvalue weighted by atomic mass is 16.4. The molecule has 0 aromatic carbocycles. The molecule has 0 saturated heterocycles. The quantitative estimate of drug-likeness (QED) is 0.811. The minimum Gasteiger partial charge on any atom is -0.480 e. The van der Waals surface area contributed by atoms with Crippen LogP contribution in [0.1, 0.15) is 18.9 Å². The van der Waals surface area contributed by atoms with Crippen LogP contribution in [0.15, 0.2) is 12.4 Å². The molecule has 0 aliphatic rings. The summed E-state index contributed by atoms with van der Waals surface area (Å²) in [5.41, 5.74) is 0.864. The molecule has 7 heteroatoms. The number of hydrogen-bond donors (Lipinski definition) is 2. The van der Waals surface area contributed by atoms with Crippen molar-refractivity contribution in [2.75, 3.05) is 14.1 Å². The molecule has 18 heavy (non-hydrogen) atoms. The lowest BCUT2D eigenvalue weighted by Crippen LogP contribution is -2.47. The van der Waals surface area contributed by atoms with Gasteiger partial charge in [0.25, 0.3) is 0 Å². The number of H-pyrrole nitrogens is 1. The number of likely N-dealkylation sites (N-methyl/N-ethyl adjacent to an activating group) is 1. The number of aromatic amines is 1. The molecule has 0 fully saturated rings. The minimum atomic E-state index is -0.995. The van der Waals surface area contributed by atoms with Gasteiger partial charge < -0.3 is 14.9 Å². The molecule has 100 valence electrons. The lowest BCUT2D eigenvalue weighted by Gasteiger charge is -2.28. The van der Waals surface area contributed by atoms with Gasteiger partial charge in [0.05, 0.1) is 12.7 Å². The molecule has 1 rings (SSSR count). The predicted octanol–water partition coefficient (Wildman–Crippen LogP) is 0.756. The number of carbonyl (C=O) groups excluding carboxylic acids is 1. The van der Waals surface area contributed by atoms with Gasteiger partial charge in [-0.15, -0.1) is 0 Å². The van der Waals surface area contributed by atoms with Gasteiger partial charge in [0.1, 0.15) is 6.04 Å². The second kappa shape index (κ2) is 6.04. The van der Waals surface area contributed by atoms with Crippen molar-refractivity contribution in [3.63, 3.8) is 0 Å². The summed E-state index contributed by atoms with van der Waals surface area (Å²) in [4.78, 5) is 25.7. The van der Waals surface area contributed by atoms with Crippen LogP contribution in [0.5, 0.6) is 0 Å². The van der Waals surface area contributed by atoms with Crippen LogP contribution >= 0.6 is 0 Å². The molecule has 0 saturated carbocycles. The van der Waals surface area contributed by atoms with Crippen molar-refractivity contribution in [2.24, 2.45) is 0 Å². The maximum absolute atomic E-state index is 12.0. The molecule has 1 aromatic heterocycles. The molecule has 0 bridgehead atoms. The Morgan fingerprint density at radius 3 is 2.61 bits per heavy atom. The van der Waals surface area contributed by atoms with E-state index in [1.165, 1.54) is 16.8 Å². The van der Waals surface area contributed by atoms with Crippen LogP contribution in [0, 0.1) is 0 Å². The number of nitrogens with zero attached hydrogens (tertiary/aromatic N) is 3. The third kappa shape index (κ3) is 3.22. The number of urea groups is 1. The first kappa shape index (κ1) is 14.0. The topological polar surface area (TPSA) is 89.5 Å². The van der Waals surface area contributed by atoms with E-state index in [1.54, 1.807) is 26.4 Å². The van der Waals surface area contributed by atoms with E-state index in [1.807, 2.05) is 0 Å². The summed E-state index contributed by atoms with van der Waals surface area (Å²) in [5.74, 6) is -0.995. The summed E-state index contributed by atoms with van der Waals surface area (Å²) in [6.45, 7) is 2.12. The normalized spacial score (nSPS) is 11.9. The summed E-state index contributed by atoms with van der Waals surface area (Å²) in [6, 6.07) is -1.13. The Labute approximate surface area is 105 Å². The van der Waals surface area contributed by atoms with Gasteiger partial charge in [0, 0.05) is 25.9 Å². The van der Waals surface area contributed by atoms with Gasteiger partial charge in [-0.1, -0.05) is 6.92 Å². The van der Waals surface area contributed by atoms with Gasteiger partial charge in [0.2, 0.25) is 0 Å². The molecule has 1 atom stereocenters. The van der Waals surface area contributed by atoms with Crippen LogP contribution in [0.25, 0.3) is 0 Å². The lowest BCUT2D eigenvalue weighted by molar-refractivity contribution is -0.142. The Hall–Kier alpha value is -2.05. The summed E-state index contributed by atoms with van der Waals surface area (Å²) in [6.07, 6.45) is 3.69. The molecule has 2 N–H and O–H groups in total. The second-order valence-corrected chi connectivity index (χ2v) is 4.12. The van der Waals surface area contributed by atoms with Crippen LogP contribution in [0.3, 0.4) is 0 Å². The van der Waals surface area contributed by atoms with Crippen molar-refractivity contribution in [2.45, 2.75) is 25.9 Å². The summed E-state index contributed by atoms with van der Waals surface area (Å²) >= 11 is 0. The van der Waals surface area contributed by atoms with Crippen LogP contribution in [-0.2, 0) is 11.3 Å². The SMILES string of the molecule is CCC(C(=O)O)N(C)C(=O)N(C)Cc1cn[nH]c1. The number of aliphatic carboxylic acids is 1. The first-order valence-corrected chi connectivity index (χ1v) is 5.65. The predicted molar refractivity (Wildman–Crippen MR) is 64.9 cm³/mol. The Kier molecular flexibility index (Phi) is 4.70. The first-order valence-electron chi connectivity index (χ1n) is 5.65. The zero-order chi connectivity index (χ0) is 13.7. The van der Waals surface area contributed by atoms with E-state index in [4.69, 9.17) is 5.11 Å². The number of amides is 2. The fraction of sp³-hybridized carbons (Fsp3) is 0.545. The molecular weight excluding hydrogens is 236 g/mol. The van der Waals surface area contributed by atoms with E-state index in [2.05, 4.69) is 10.2 Å². The van der Waals surface area contributed by atoms with Crippen LogP contribution in [0.2, 0.25) is 0 Å². The van der Waals surface area contributed by atoms with Crippen LogP contribution in [-0.4, -0.2) is 57.2 Å². The maximum atomic E-state index is 12.0. The molecule has 0 aliphatic heterocycles. The molecule has 2 amide bonds. The highest BCUT2D eigenvalue weighted by Gasteiger charge is 2.26. The van der Waals surface area contributed by atoms with Crippen molar-refractivity contribution in [1.29, 1.82) is 0 Å². The van der Waals surface area contributed by atoms with Gasteiger partial charge >= 0.3 is 12.0 Å². The third-order valence-corrected chi connectivity index (χ3v) is 2.74. The molecule has 1 unspecified atom stereocenters. The highest BCUT2D eigenvalue weighted by molar-refractivity contribution is 5.82. The van der Waals surface area contributed by atoms with E-state index in [-0.39, 0.29) is 6.03 Å². The highest BCUT2D eigenvalue weighted by Crippen LogP contribution is 2.08. The Morgan fingerprint density at radius 1 is 1.50 bits per heavy atom. The minimum absolute atomic E-state index is 0.328. The molecule has 1 heterocycles. The zero-order valence-electron chi connectivity index (χ0n) is 10.8. The molecule has 7 nitrogen and oxygen atoms in total. The number of aromatic nitrogens is 2. The molecule has 0 spiro atoms. The Balaban J connectivity index is 2.65. The molecule has 1 aromatic rings. The summed E-state index contributed by atoms with van der Waals surface area (Å²) < 4.78 is 0. The lowest BCUT2D eigenvalue weighted by atomic mass is 10.2. The summed E-state index contributed by atoms with van der Waals surface area (Å²) in [7, 11) is 3.12. The smallest absolute Gasteiger partial charge is 0.326 e. The van der Waals surface area contributed by atoms with Crippen LogP contribution < -0.4 is 0 Å². The van der Waals surface area contributed by atoms with E-state index in [0.29, 0.717) is 13.0 Å². The second-order valence-electron chi connectivity index (χ2n) is 4.12. The monoisotopic (exact) mass is 254 g/mol. The number of carboxylic acid groups (broad SMARTS) is 1. The fourth-order valence-corrected chi connectivity index (χ4v) is 1.72. The fourth-order valence-electron chi connectivity index (χ4n) is 1.72.